The van der Waals surface area contributed by atoms with Crippen LogP contribution in [0.3, 0.4) is 0 Å². The Hall–Kier alpha value is -5.37. The molecule has 0 saturated heterocycles. The van der Waals surface area contributed by atoms with E-state index in [1.165, 1.54) is 43.5 Å². The molecule has 3 aromatic rings. The third-order valence-electron chi connectivity index (χ3n) is 5.49. The fourth-order valence-electron chi connectivity index (χ4n) is 3.74. The Morgan fingerprint density at radius 1 is 1.08 bits per heavy atom. The molecular formula is C26H19N3O8. The van der Waals surface area contributed by atoms with Crippen molar-refractivity contribution >= 4 is 17.6 Å². The highest BCUT2D eigenvalue weighted by molar-refractivity contribution is 5.89. The van der Waals surface area contributed by atoms with Gasteiger partial charge in [-0.15, -0.1) is 0 Å². The van der Waals surface area contributed by atoms with Crippen LogP contribution in [0.4, 0.5) is 5.69 Å². The minimum absolute atomic E-state index is 0.0953. The summed E-state index contributed by atoms with van der Waals surface area (Å²) in [6, 6.07) is 18.6. The number of esters is 2. The van der Waals surface area contributed by atoms with E-state index < -0.39 is 29.4 Å². The van der Waals surface area contributed by atoms with Gasteiger partial charge in [0.05, 0.1) is 23.5 Å². The molecule has 4 rings (SSSR count). The van der Waals surface area contributed by atoms with Crippen molar-refractivity contribution in [3.8, 4) is 23.3 Å². The largest absolute Gasteiger partial charge is 0.482 e. The summed E-state index contributed by atoms with van der Waals surface area (Å²) in [5.41, 5.74) is 7.76. The van der Waals surface area contributed by atoms with Crippen molar-refractivity contribution < 1.29 is 33.5 Å². The highest BCUT2D eigenvalue weighted by Crippen LogP contribution is 2.43. The number of benzene rings is 3. The zero-order valence-electron chi connectivity index (χ0n) is 19.4. The van der Waals surface area contributed by atoms with Gasteiger partial charge in [0.25, 0.3) is 5.69 Å². The Morgan fingerprint density at radius 2 is 1.76 bits per heavy atom. The number of nitrogens with zero attached hydrogens (tertiary/aromatic N) is 2. The third kappa shape index (κ3) is 5.33. The number of carbonyl (C=O) groups excluding carboxylic acids is 2. The van der Waals surface area contributed by atoms with E-state index in [1.54, 1.807) is 30.3 Å². The quantitative estimate of drug-likeness (QED) is 0.219. The second-order valence-corrected chi connectivity index (χ2v) is 7.75. The summed E-state index contributed by atoms with van der Waals surface area (Å²) >= 11 is 0. The summed E-state index contributed by atoms with van der Waals surface area (Å²) in [7, 11) is 1.29. The molecule has 0 amide bonds. The van der Waals surface area contributed by atoms with Crippen LogP contribution in [-0.2, 0) is 9.53 Å². The number of non-ortho nitro benzene ring substituents is 1. The molecule has 0 bridgehead atoms. The molecule has 2 N–H and O–H groups in total. The van der Waals surface area contributed by atoms with Crippen molar-refractivity contribution in [3.63, 3.8) is 0 Å². The molecule has 1 aliphatic rings. The van der Waals surface area contributed by atoms with E-state index in [4.69, 9.17) is 24.7 Å². The topological polar surface area (TPSA) is 164 Å². The second kappa shape index (κ2) is 10.5. The van der Waals surface area contributed by atoms with Crippen molar-refractivity contribution in [2.75, 3.05) is 13.7 Å². The first kappa shape index (κ1) is 24.7. The number of nitrogens with two attached hydrogens (primary N) is 1. The smallest absolute Gasteiger partial charge is 0.349 e. The lowest BCUT2D eigenvalue weighted by atomic mass is 9.83. The van der Waals surface area contributed by atoms with Crippen molar-refractivity contribution in [2.24, 2.45) is 5.73 Å². The van der Waals surface area contributed by atoms with Gasteiger partial charge in [-0.25, -0.2) is 9.59 Å². The molecule has 0 radical (unpaired) electrons. The number of ether oxygens (including phenoxy) is 4. The molecule has 11 heteroatoms. The van der Waals surface area contributed by atoms with Crippen LogP contribution in [0.5, 0.6) is 17.2 Å². The molecule has 0 saturated carbocycles. The van der Waals surface area contributed by atoms with Crippen LogP contribution < -0.4 is 19.9 Å². The lowest BCUT2D eigenvalue weighted by Gasteiger charge is -2.26. The molecule has 3 aromatic carbocycles. The van der Waals surface area contributed by atoms with E-state index >= 15 is 0 Å². The number of nitro groups is 1. The van der Waals surface area contributed by atoms with E-state index in [0.29, 0.717) is 22.4 Å². The molecule has 1 aliphatic heterocycles. The van der Waals surface area contributed by atoms with Gasteiger partial charge >= 0.3 is 11.9 Å². The van der Waals surface area contributed by atoms with Gasteiger partial charge in [0.15, 0.2) is 6.61 Å². The van der Waals surface area contributed by atoms with Crippen molar-refractivity contribution in [1.29, 1.82) is 5.26 Å². The second-order valence-electron chi connectivity index (χ2n) is 7.75. The first-order chi connectivity index (χ1) is 17.8. The zero-order chi connectivity index (χ0) is 26.5. The summed E-state index contributed by atoms with van der Waals surface area (Å²) in [5.74, 6) is -1.16. The summed E-state index contributed by atoms with van der Waals surface area (Å²) in [6.07, 6.45) is 0. The van der Waals surface area contributed by atoms with E-state index in [0.717, 1.165) is 0 Å². The first-order valence-electron chi connectivity index (χ1n) is 10.8. The van der Waals surface area contributed by atoms with E-state index in [-0.39, 0.29) is 28.6 Å². The van der Waals surface area contributed by atoms with Crippen LogP contribution in [-0.4, -0.2) is 30.6 Å². The summed E-state index contributed by atoms with van der Waals surface area (Å²) in [4.78, 5) is 34.2. The Balaban J connectivity index is 1.51. The summed E-state index contributed by atoms with van der Waals surface area (Å²) < 4.78 is 21.0. The molecule has 37 heavy (non-hydrogen) atoms. The number of methoxy groups -OCH3 is 1. The molecule has 1 heterocycles. The molecule has 0 aliphatic carbocycles. The summed E-state index contributed by atoms with van der Waals surface area (Å²) in [5, 5.41) is 20.4. The normalized spacial score (nSPS) is 14.0. The monoisotopic (exact) mass is 501 g/mol. The van der Waals surface area contributed by atoms with Crippen LogP contribution >= 0.6 is 0 Å². The minimum Gasteiger partial charge on any atom is -0.482 e. The van der Waals surface area contributed by atoms with Crippen molar-refractivity contribution in [2.45, 2.75) is 5.92 Å². The predicted octanol–water partition coefficient (Wildman–Crippen LogP) is 3.58. The predicted molar refractivity (Wildman–Crippen MR) is 128 cm³/mol. The average Bonchev–Trinajstić information content (AvgIpc) is 2.91. The van der Waals surface area contributed by atoms with Gasteiger partial charge in [-0.3, -0.25) is 10.1 Å². The van der Waals surface area contributed by atoms with Gasteiger partial charge in [0, 0.05) is 23.8 Å². The van der Waals surface area contributed by atoms with Gasteiger partial charge in [-0.2, -0.15) is 5.26 Å². The number of hydrogen-bond donors (Lipinski definition) is 1. The van der Waals surface area contributed by atoms with Gasteiger partial charge in [-0.1, -0.05) is 18.2 Å². The fourth-order valence-corrected chi connectivity index (χ4v) is 3.74. The maximum Gasteiger partial charge on any atom is 0.349 e. The number of allylic oxidation sites excluding steroid dienone is 1. The molecule has 186 valence electrons. The summed E-state index contributed by atoms with van der Waals surface area (Å²) in [6.45, 7) is -0.439. The van der Waals surface area contributed by atoms with Crippen LogP contribution in [0, 0.1) is 21.4 Å². The molecule has 0 aromatic heterocycles. The number of nitro benzene ring substituents is 1. The number of fused-ring (bicyclic) bond motifs is 1. The van der Waals surface area contributed by atoms with Crippen molar-refractivity contribution in [1.82, 2.24) is 0 Å². The van der Waals surface area contributed by atoms with Crippen LogP contribution in [0.2, 0.25) is 0 Å². The first-order valence-corrected chi connectivity index (χ1v) is 10.8. The number of hydrogen-bond acceptors (Lipinski definition) is 10. The molecule has 1 unspecified atom stereocenters. The minimum atomic E-state index is -0.717. The SMILES string of the molecule is COC(=O)c1ccc(C2C(C#N)=C(N)Oc3cc(OC(=O)COc4ccc([N+](=O)[O-])cc4)ccc32)cc1. The number of nitriles is 1. The van der Waals surface area contributed by atoms with E-state index in [1.807, 2.05) is 0 Å². The zero-order valence-corrected chi connectivity index (χ0v) is 19.4. The van der Waals surface area contributed by atoms with Crippen molar-refractivity contribution in [3.05, 3.63) is 105 Å². The van der Waals surface area contributed by atoms with Crippen LogP contribution in [0.1, 0.15) is 27.4 Å². The molecule has 11 nitrogen and oxygen atoms in total. The van der Waals surface area contributed by atoms with E-state index in [2.05, 4.69) is 6.07 Å². The Bertz CT molecular complexity index is 1440. The number of carbonyl (C=O) groups is 2. The molecule has 0 fully saturated rings. The van der Waals surface area contributed by atoms with Crippen LogP contribution in [0.25, 0.3) is 0 Å². The fraction of sp³-hybridized carbons (Fsp3) is 0.115. The van der Waals surface area contributed by atoms with Gasteiger partial charge in [0.1, 0.15) is 28.9 Å². The third-order valence-corrected chi connectivity index (χ3v) is 5.49. The standard InChI is InChI=1S/C26H19N3O8/c1-34-26(31)16-4-2-15(3-5-16)24-20-11-10-19(12-22(20)37-25(28)21(24)13-27)36-23(30)14-35-18-8-6-17(7-9-18)29(32)33/h2-12,24H,14,28H2,1H3. The maximum absolute atomic E-state index is 12.3. The van der Waals surface area contributed by atoms with Gasteiger partial charge in [0.2, 0.25) is 5.88 Å². The van der Waals surface area contributed by atoms with Gasteiger partial charge < -0.3 is 24.7 Å². The lowest BCUT2D eigenvalue weighted by molar-refractivity contribution is -0.384. The average molecular weight is 501 g/mol. The molecule has 1 atom stereocenters. The Morgan fingerprint density at radius 3 is 2.38 bits per heavy atom. The van der Waals surface area contributed by atoms with E-state index in [9.17, 15) is 25.0 Å². The Labute approximate surface area is 210 Å². The highest BCUT2D eigenvalue weighted by Gasteiger charge is 2.31. The highest BCUT2D eigenvalue weighted by atomic mass is 16.6. The number of rotatable bonds is 7. The van der Waals surface area contributed by atoms with Gasteiger partial charge in [-0.05, 0) is 35.9 Å². The van der Waals surface area contributed by atoms with Crippen LogP contribution in [0.15, 0.2) is 78.2 Å². The Kier molecular flexibility index (Phi) is 7.02. The molecule has 0 spiro atoms. The maximum atomic E-state index is 12.3. The lowest BCUT2D eigenvalue weighted by Crippen LogP contribution is -2.21. The molecular weight excluding hydrogens is 482 g/mol.